The molecule has 0 saturated heterocycles. The predicted molar refractivity (Wildman–Crippen MR) is 84.8 cm³/mol. The van der Waals surface area contributed by atoms with Gasteiger partial charge in [-0.1, -0.05) is 11.6 Å². The van der Waals surface area contributed by atoms with Crippen LogP contribution in [-0.2, 0) is 0 Å². The van der Waals surface area contributed by atoms with Gasteiger partial charge in [0.25, 0.3) is 5.91 Å². The molecule has 0 aliphatic heterocycles. The molecule has 0 radical (unpaired) electrons. The van der Waals surface area contributed by atoms with Crippen molar-refractivity contribution in [2.75, 3.05) is 5.32 Å². The first-order chi connectivity index (χ1) is 10.1. The first-order valence-corrected chi connectivity index (χ1v) is 8.08. The molecule has 106 valence electrons. The normalized spacial score (nSPS) is 10.6. The van der Waals surface area contributed by atoms with Crippen LogP contribution in [0.2, 0.25) is 5.02 Å². The van der Waals surface area contributed by atoms with E-state index in [1.54, 1.807) is 16.7 Å². The van der Waals surface area contributed by atoms with Gasteiger partial charge in [-0.25, -0.2) is 9.37 Å². The Morgan fingerprint density at radius 1 is 1.29 bits per heavy atom. The zero-order valence-corrected chi connectivity index (χ0v) is 12.9. The molecule has 2 heterocycles. The molecule has 2 aromatic heterocycles. The third-order valence-corrected chi connectivity index (χ3v) is 4.49. The van der Waals surface area contributed by atoms with Crippen LogP contribution in [0.1, 0.15) is 10.5 Å². The van der Waals surface area contributed by atoms with E-state index in [-0.39, 0.29) is 11.4 Å². The van der Waals surface area contributed by atoms with E-state index in [1.807, 2.05) is 16.8 Å². The van der Waals surface area contributed by atoms with E-state index < -0.39 is 11.7 Å². The summed E-state index contributed by atoms with van der Waals surface area (Å²) in [7, 11) is 0. The van der Waals surface area contributed by atoms with Crippen LogP contribution >= 0.6 is 34.3 Å². The van der Waals surface area contributed by atoms with Crippen LogP contribution in [0.3, 0.4) is 0 Å². The number of carbonyl (C=O) groups is 1. The van der Waals surface area contributed by atoms with E-state index in [1.165, 1.54) is 29.5 Å². The number of hydrogen-bond donors (Lipinski definition) is 1. The van der Waals surface area contributed by atoms with Crippen LogP contribution < -0.4 is 5.32 Å². The van der Waals surface area contributed by atoms with Crippen molar-refractivity contribution in [2.24, 2.45) is 0 Å². The average molecular weight is 339 g/mol. The number of anilines is 1. The second-order valence-electron chi connectivity index (χ2n) is 4.13. The Balaban J connectivity index is 1.81. The Hall–Kier alpha value is -1.76. The third-order valence-electron chi connectivity index (χ3n) is 2.68. The summed E-state index contributed by atoms with van der Waals surface area (Å²) in [6, 6.07) is 5.92. The minimum absolute atomic E-state index is 0.0394. The van der Waals surface area contributed by atoms with Crippen LogP contribution in [0.15, 0.2) is 40.4 Å². The summed E-state index contributed by atoms with van der Waals surface area (Å²) in [5.41, 5.74) is 1.26. The minimum atomic E-state index is -0.541. The highest BCUT2D eigenvalue weighted by atomic mass is 35.5. The highest BCUT2D eigenvalue weighted by Gasteiger charge is 2.14. The Morgan fingerprint density at radius 3 is 2.90 bits per heavy atom. The first-order valence-electron chi connectivity index (χ1n) is 5.88. The monoisotopic (exact) mass is 338 g/mol. The third kappa shape index (κ3) is 3.12. The van der Waals surface area contributed by atoms with Crippen molar-refractivity contribution < 1.29 is 9.18 Å². The smallest absolute Gasteiger partial charge is 0.275 e. The summed E-state index contributed by atoms with van der Waals surface area (Å²) in [5, 5.41) is 9.12. The summed E-state index contributed by atoms with van der Waals surface area (Å²) in [4.78, 5) is 16.3. The largest absolute Gasteiger partial charge is 0.318 e. The Kier molecular flexibility index (Phi) is 4.01. The van der Waals surface area contributed by atoms with Crippen LogP contribution in [0, 0.1) is 5.82 Å². The number of nitrogens with one attached hydrogen (secondary N) is 1. The molecule has 1 aromatic carbocycles. The number of amides is 1. The molecule has 0 spiro atoms. The van der Waals surface area contributed by atoms with Crippen LogP contribution in [0.4, 0.5) is 10.1 Å². The zero-order valence-electron chi connectivity index (χ0n) is 10.5. The summed E-state index contributed by atoms with van der Waals surface area (Å²) in [6.07, 6.45) is 0. The fraction of sp³-hybridized carbons (Fsp3) is 0. The van der Waals surface area contributed by atoms with Gasteiger partial charge in [0, 0.05) is 21.3 Å². The number of benzene rings is 1. The number of aromatic nitrogens is 1. The van der Waals surface area contributed by atoms with E-state index in [0.717, 1.165) is 10.6 Å². The van der Waals surface area contributed by atoms with Crippen molar-refractivity contribution in [3.8, 4) is 10.6 Å². The van der Waals surface area contributed by atoms with Gasteiger partial charge >= 0.3 is 0 Å². The van der Waals surface area contributed by atoms with Crippen molar-refractivity contribution in [1.82, 2.24) is 4.98 Å². The van der Waals surface area contributed by atoms with Crippen LogP contribution in [0.25, 0.3) is 10.6 Å². The summed E-state index contributed by atoms with van der Waals surface area (Å²) in [6.45, 7) is 0. The molecule has 3 rings (SSSR count). The molecule has 1 amide bonds. The molecule has 0 atom stereocenters. The van der Waals surface area contributed by atoms with E-state index in [4.69, 9.17) is 11.6 Å². The van der Waals surface area contributed by atoms with Gasteiger partial charge < -0.3 is 5.32 Å². The maximum Gasteiger partial charge on any atom is 0.275 e. The minimum Gasteiger partial charge on any atom is -0.318 e. The number of thiophene rings is 1. The molecule has 1 N–H and O–H groups in total. The molecule has 0 bridgehead atoms. The Bertz CT molecular complexity index is 786. The van der Waals surface area contributed by atoms with Crippen molar-refractivity contribution >= 4 is 45.9 Å². The van der Waals surface area contributed by atoms with Gasteiger partial charge in [0.2, 0.25) is 0 Å². The van der Waals surface area contributed by atoms with Gasteiger partial charge in [-0.05, 0) is 29.6 Å². The highest BCUT2D eigenvalue weighted by Crippen LogP contribution is 2.26. The number of thiazole rings is 1. The van der Waals surface area contributed by atoms with E-state index in [9.17, 15) is 9.18 Å². The number of halogens is 2. The van der Waals surface area contributed by atoms with E-state index in [0.29, 0.717) is 5.02 Å². The number of hydrogen-bond acceptors (Lipinski definition) is 4. The quantitative estimate of drug-likeness (QED) is 0.736. The number of carbonyl (C=O) groups excluding carboxylic acids is 1. The lowest BCUT2D eigenvalue weighted by Gasteiger charge is -2.04. The zero-order chi connectivity index (χ0) is 14.8. The highest BCUT2D eigenvalue weighted by molar-refractivity contribution is 7.14. The van der Waals surface area contributed by atoms with Crippen LogP contribution in [-0.4, -0.2) is 10.9 Å². The maximum atomic E-state index is 13.6. The molecule has 0 fully saturated rings. The molecule has 0 saturated carbocycles. The molecular formula is C14H8ClFN2OS2. The lowest BCUT2D eigenvalue weighted by Crippen LogP contribution is -2.13. The van der Waals surface area contributed by atoms with Crippen molar-refractivity contribution in [3.63, 3.8) is 0 Å². The summed E-state index contributed by atoms with van der Waals surface area (Å²) in [5.74, 6) is -1.00. The molecule has 3 aromatic rings. The van der Waals surface area contributed by atoms with Crippen molar-refractivity contribution in [3.05, 3.63) is 56.9 Å². The second-order valence-corrected chi connectivity index (χ2v) is 6.20. The molecule has 0 aliphatic rings. The topological polar surface area (TPSA) is 42.0 Å². The van der Waals surface area contributed by atoms with Gasteiger partial charge in [0.05, 0.1) is 5.69 Å². The number of rotatable bonds is 3. The maximum absolute atomic E-state index is 13.6. The van der Waals surface area contributed by atoms with Gasteiger partial charge in [0.15, 0.2) is 0 Å². The standard InChI is InChI=1S/C14H8ClFN2OS2/c15-9-1-2-10(16)11(5-9)17-13(19)12-7-21-14(18-12)8-3-4-20-6-8/h1-7H,(H,17,19). The Morgan fingerprint density at radius 2 is 2.14 bits per heavy atom. The van der Waals surface area contributed by atoms with E-state index in [2.05, 4.69) is 10.3 Å². The van der Waals surface area contributed by atoms with Gasteiger partial charge in [0.1, 0.15) is 16.5 Å². The summed E-state index contributed by atoms with van der Waals surface area (Å²) >= 11 is 8.72. The Labute approximate surface area is 133 Å². The second kappa shape index (κ2) is 5.93. The predicted octanol–water partition coefficient (Wildman–Crippen LogP) is 4.92. The molecule has 0 unspecified atom stereocenters. The van der Waals surface area contributed by atoms with Gasteiger partial charge in [-0.2, -0.15) is 11.3 Å². The first kappa shape index (κ1) is 14.2. The average Bonchev–Trinajstić information content (AvgIpc) is 3.12. The lowest BCUT2D eigenvalue weighted by atomic mass is 10.3. The molecular weight excluding hydrogens is 331 g/mol. The molecule has 7 heteroatoms. The fourth-order valence-electron chi connectivity index (χ4n) is 1.68. The molecule has 21 heavy (non-hydrogen) atoms. The SMILES string of the molecule is O=C(Nc1cc(Cl)ccc1F)c1csc(-c2ccsc2)n1. The lowest BCUT2D eigenvalue weighted by molar-refractivity contribution is 0.102. The number of nitrogens with zero attached hydrogens (tertiary/aromatic N) is 1. The van der Waals surface area contributed by atoms with Gasteiger partial charge in [-0.3, -0.25) is 4.79 Å². The van der Waals surface area contributed by atoms with Crippen LogP contribution in [0.5, 0.6) is 0 Å². The van der Waals surface area contributed by atoms with Crippen molar-refractivity contribution in [2.45, 2.75) is 0 Å². The summed E-state index contributed by atoms with van der Waals surface area (Å²) < 4.78 is 13.6. The van der Waals surface area contributed by atoms with Crippen molar-refractivity contribution in [1.29, 1.82) is 0 Å². The van der Waals surface area contributed by atoms with E-state index >= 15 is 0 Å². The fourth-order valence-corrected chi connectivity index (χ4v) is 3.36. The van der Waals surface area contributed by atoms with Gasteiger partial charge in [-0.15, -0.1) is 11.3 Å². The molecule has 0 aliphatic carbocycles. The molecule has 3 nitrogen and oxygen atoms in total.